The molecule has 1 atom stereocenters. The molecule has 1 aliphatic carbocycles. The highest BCUT2D eigenvalue weighted by Crippen LogP contribution is 2.41. The monoisotopic (exact) mass is 267 g/mol. The number of thioether (sulfide) groups is 1. The first kappa shape index (κ1) is 13.2. The van der Waals surface area contributed by atoms with Crippen molar-refractivity contribution in [2.75, 3.05) is 12.3 Å². The molecule has 0 aromatic carbocycles. The molecule has 1 saturated carbocycles. The van der Waals surface area contributed by atoms with Crippen LogP contribution in [0.3, 0.4) is 0 Å². The van der Waals surface area contributed by atoms with Crippen LogP contribution in [0.15, 0.2) is 9.95 Å². The van der Waals surface area contributed by atoms with E-state index in [-0.39, 0.29) is 5.69 Å². The third kappa shape index (κ3) is 2.44. The van der Waals surface area contributed by atoms with Gasteiger partial charge in [0.25, 0.3) is 0 Å². The van der Waals surface area contributed by atoms with E-state index < -0.39 is 5.54 Å². The lowest BCUT2D eigenvalue weighted by atomic mass is 9.98. The Morgan fingerprint density at radius 3 is 2.89 bits per heavy atom. The summed E-state index contributed by atoms with van der Waals surface area (Å²) >= 11 is 1.44. The molecule has 1 aliphatic rings. The molecule has 2 rings (SSSR count). The van der Waals surface area contributed by atoms with Gasteiger partial charge in [-0.15, -0.1) is 5.10 Å². The van der Waals surface area contributed by atoms with Gasteiger partial charge in [0.2, 0.25) is 0 Å². The molecule has 0 bridgehead atoms. The van der Waals surface area contributed by atoms with Crippen molar-refractivity contribution in [2.24, 2.45) is 13.0 Å². The predicted octanol–water partition coefficient (Wildman–Crippen LogP) is 0.482. The Bertz CT molecular complexity index is 512. The van der Waals surface area contributed by atoms with Gasteiger partial charge in [-0.05, 0) is 25.3 Å². The van der Waals surface area contributed by atoms with E-state index in [1.165, 1.54) is 16.3 Å². The Hall–Kier alpha value is -1.26. The second-order valence-corrected chi connectivity index (χ2v) is 5.49. The zero-order valence-corrected chi connectivity index (χ0v) is 11.4. The van der Waals surface area contributed by atoms with Gasteiger partial charge in [0.05, 0.1) is 6.07 Å². The van der Waals surface area contributed by atoms with Gasteiger partial charge in [0.1, 0.15) is 5.54 Å². The molecule has 18 heavy (non-hydrogen) atoms. The molecular weight excluding hydrogens is 250 g/mol. The first-order valence-corrected chi connectivity index (χ1v) is 7.02. The van der Waals surface area contributed by atoms with E-state index in [1.54, 1.807) is 7.05 Å². The van der Waals surface area contributed by atoms with Crippen LogP contribution in [0.25, 0.3) is 0 Å². The predicted molar refractivity (Wildman–Crippen MR) is 69.3 cm³/mol. The van der Waals surface area contributed by atoms with Crippen molar-refractivity contribution in [2.45, 2.75) is 30.5 Å². The van der Waals surface area contributed by atoms with Gasteiger partial charge in [-0.1, -0.05) is 18.7 Å². The SMILES string of the molecule is CCNC(C#N)(CSc1n[nH]c(=O)n1C)C1CC1. The summed E-state index contributed by atoms with van der Waals surface area (Å²) in [5.74, 6) is 1.03. The molecule has 0 amide bonds. The highest BCUT2D eigenvalue weighted by molar-refractivity contribution is 7.99. The van der Waals surface area contributed by atoms with Crippen molar-refractivity contribution >= 4 is 11.8 Å². The number of H-pyrrole nitrogens is 1. The fourth-order valence-electron chi connectivity index (χ4n) is 2.01. The van der Waals surface area contributed by atoms with Gasteiger partial charge < -0.3 is 0 Å². The summed E-state index contributed by atoms with van der Waals surface area (Å²) in [6.45, 7) is 2.77. The van der Waals surface area contributed by atoms with Crippen molar-refractivity contribution in [3.05, 3.63) is 10.5 Å². The molecule has 2 N–H and O–H groups in total. The number of rotatable bonds is 6. The summed E-state index contributed by atoms with van der Waals surface area (Å²) in [6, 6.07) is 2.42. The lowest BCUT2D eigenvalue weighted by Crippen LogP contribution is -2.48. The zero-order valence-electron chi connectivity index (χ0n) is 10.6. The maximum Gasteiger partial charge on any atom is 0.343 e. The average Bonchev–Trinajstić information content (AvgIpc) is 3.16. The van der Waals surface area contributed by atoms with E-state index in [0.717, 1.165) is 19.4 Å². The number of nitrogens with zero attached hydrogens (tertiary/aromatic N) is 3. The maximum atomic E-state index is 11.3. The highest BCUT2D eigenvalue weighted by Gasteiger charge is 2.45. The Labute approximate surface area is 110 Å². The first-order valence-electron chi connectivity index (χ1n) is 6.03. The van der Waals surface area contributed by atoms with Crippen LogP contribution >= 0.6 is 11.8 Å². The Morgan fingerprint density at radius 2 is 2.44 bits per heavy atom. The third-order valence-electron chi connectivity index (χ3n) is 3.23. The van der Waals surface area contributed by atoms with Crippen molar-refractivity contribution in [1.82, 2.24) is 20.1 Å². The van der Waals surface area contributed by atoms with Gasteiger partial charge in [-0.2, -0.15) is 5.26 Å². The van der Waals surface area contributed by atoms with Crippen molar-refractivity contribution in [3.8, 4) is 6.07 Å². The van der Waals surface area contributed by atoms with Crippen LogP contribution in [0.2, 0.25) is 0 Å². The second kappa shape index (κ2) is 5.16. The topological polar surface area (TPSA) is 86.5 Å². The minimum Gasteiger partial charge on any atom is -0.299 e. The molecule has 7 heteroatoms. The van der Waals surface area contributed by atoms with Crippen LogP contribution in [-0.4, -0.2) is 32.6 Å². The van der Waals surface area contributed by atoms with E-state index in [0.29, 0.717) is 16.8 Å². The first-order chi connectivity index (χ1) is 8.63. The Morgan fingerprint density at radius 1 is 1.72 bits per heavy atom. The summed E-state index contributed by atoms with van der Waals surface area (Å²) in [5.41, 5.74) is -0.719. The van der Waals surface area contributed by atoms with Gasteiger partial charge in [-0.25, -0.2) is 9.89 Å². The van der Waals surface area contributed by atoms with E-state index in [2.05, 4.69) is 21.6 Å². The Kier molecular flexibility index (Phi) is 3.78. The number of hydrogen-bond donors (Lipinski definition) is 2. The molecule has 1 fully saturated rings. The number of aromatic nitrogens is 3. The standard InChI is InChI=1S/C11H17N5OS/c1-3-13-11(6-12,8-4-5-8)7-18-10-15-14-9(17)16(10)2/h8,13H,3-5,7H2,1-2H3,(H,14,17). The quantitative estimate of drug-likeness (QED) is 0.732. The minimum absolute atomic E-state index is 0.227. The van der Waals surface area contributed by atoms with Crippen LogP contribution in [0.1, 0.15) is 19.8 Å². The summed E-state index contributed by atoms with van der Waals surface area (Å²) in [4.78, 5) is 11.3. The van der Waals surface area contributed by atoms with Gasteiger partial charge in [0.15, 0.2) is 5.16 Å². The van der Waals surface area contributed by atoms with E-state index >= 15 is 0 Å². The van der Waals surface area contributed by atoms with Crippen LogP contribution < -0.4 is 11.0 Å². The van der Waals surface area contributed by atoms with Crippen LogP contribution in [0.4, 0.5) is 0 Å². The van der Waals surface area contributed by atoms with Crippen molar-refractivity contribution in [1.29, 1.82) is 5.26 Å². The third-order valence-corrected chi connectivity index (χ3v) is 4.46. The van der Waals surface area contributed by atoms with Gasteiger partial charge >= 0.3 is 5.69 Å². The lowest BCUT2D eigenvalue weighted by molar-refractivity contribution is 0.415. The molecule has 6 nitrogen and oxygen atoms in total. The molecular formula is C11H17N5OS. The van der Waals surface area contributed by atoms with E-state index in [1.807, 2.05) is 6.92 Å². The number of nitriles is 1. The summed E-state index contributed by atoms with van der Waals surface area (Å²) in [5, 5.41) is 19.7. The smallest absolute Gasteiger partial charge is 0.299 e. The van der Waals surface area contributed by atoms with Crippen molar-refractivity contribution < 1.29 is 0 Å². The molecule has 1 unspecified atom stereocenters. The second-order valence-electron chi connectivity index (χ2n) is 4.55. The van der Waals surface area contributed by atoms with Crippen LogP contribution in [0, 0.1) is 17.2 Å². The molecule has 0 radical (unpaired) electrons. The molecule has 0 aliphatic heterocycles. The fraction of sp³-hybridized carbons (Fsp3) is 0.727. The minimum atomic E-state index is -0.492. The summed E-state index contributed by atoms with van der Waals surface area (Å²) in [7, 11) is 1.67. The highest BCUT2D eigenvalue weighted by atomic mass is 32.2. The molecule has 1 heterocycles. The van der Waals surface area contributed by atoms with E-state index in [9.17, 15) is 10.1 Å². The number of nitrogens with one attached hydrogen (secondary N) is 2. The number of aromatic amines is 1. The zero-order chi connectivity index (χ0) is 13.2. The lowest BCUT2D eigenvalue weighted by Gasteiger charge is -2.26. The normalized spacial score (nSPS) is 18.3. The van der Waals surface area contributed by atoms with E-state index in [4.69, 9.17) is 0 Å². The van der Waals surface area contributed by atoms with Crippen LogP contribution in [-0.2, 0) is 7.05 Å². The van der Waals surface area contributed by atoms with Crippen molar-refractivity contribution in [3.63, 3.8) is 0 Å². The maximum absolute atomic E-state index is 11.3. The molecule has 0 saturated heterocycles. The van der Waals surface area contributed by atoms with Gasteiger partial charge in [0, 0.05) is 12.8 Å². The Balaban J connectivity index is 2.08. The molecule has 0 spiro atoms. The largest absolute Gasteiger partial charge is 0.343 e. The summed E-state index contributed by atoms with van der Waals surface area (Å²) < 4.78 is 1.46. The molecule has 1 aromatic rings. The summed E-state index contributed by atoms with van der Waals surface area (Å²) in [6.07, 6.45) is 2.20. The van der Waals surface area contributed by atoms with Gasteiger partial charge in [-0.3, -0.25) is 9.88 Å². The molecule has 98 valence electrons. The molecule has 1 aromatic heterocycles. The average molecular weight is 267 g/mol. The number of hydrogen-bond acceptors (Lipinski definition) is 5. The van der Waals surface area contributed by atoms with Crippen LogP contribution in [0.5, 0.6) is 0 Å². The fourth-order valence-corrected chi connectivity index (χ4v) is 3.15.